The first-order valence-corrected chi connectivity index (χ1v) is 8.85. The van der Waals surface area contributed by atoms with Crippen LogP contribution in [0.15, 0.2) is 77.0 Å². The van der Waals surface area contributed by atoms with Gasteiger partial charge < -0.3 is 9.64 Å². The number of rotatable bonds is 2. The Hall–Kier alpha value is -2.30. The lowest BCUT2D eigenvalue weighted by molar-refractivity contribution is 0.415. The van der Waals surface area contributed by atoms with Crippen LogP contribution >= 0.6 is 25.3 Å². The molecule has 1 aliphatic rings. The maximum atomic E-state index is 5.30. The molecular formula is C21H17NOS2. The van der Waals surface area contributed by atoms with Crippen molar-refractivity contribution in [1.82, 2.24) is 0 Å². The van der Waals surface area contributed by atoms with Gasteiger partial charge in [-0.1, -0.05) is 36.4 Å². The minimum Gasteiger partial charge on any atom is -0.497 e. The first kappa shape index (κ1) is 16.2. The number of methoxy groups -OCH3 is 1. The van der Waals surface area contributed by atoms with Gasteiger partial charge in [0, 0.05) is 26.6 Å². The Morgan fingerprint density at radius 2 is 1.28 bits per heavy atom. The van der Waals surface area contributed by atoms with Gasteiger partial charge in [-0.2, -0.15) is 0 Å². The number of nitrogens with zero attached hydrogens (tertiary/aromatic N) is 1. The molecule has 0 atom stereocenters. The zero-order valence-corrected chi connectivity index (χ0v) is 15.5. The molecule has 3 aromatic carbocycles. The van der Waals surface area contributed by atoms with Crippen molar-refractivity contribution in [2.24, 2.45) is 0 Å². The predicted octanol–water partition coefficient (Wildman–Crippen LogP) is 6.05. The van der Waals surface area contributed by atoms with E-state index in [2.05, 4.69) is 78.7 Å². The smallest absolute Gasteiger partial charge is 0.119 e. The lowest BCUT2D eigenvalue weighted by Gasteiger charge is -2.35. The van der Waals surface area contributed by atoms with Gasteiger partial charge in [0.15, 0.2) is 0 Å². The Morgan fingerprint density at radius 1 is 0.760 bits per heavy atom. The predicted molar refractivity (Wildman–Crippen MR) is 112 cm³/mol. The van der Waals surface area contributed by atoms with Crippen LogP contribution in [0.25, 0.3) is 5.57 Å². The zero-order chi connectivity index (χ0) is 17.4. The molecule has 0 aromatic heterocycles. The molecule has 1 heterocycles. The summed E-state index contributed by atoms with van der Waals surface area (Å²) in [5.41, 5.74) is 6.61. The Balaban J connectivity index is 2.00. The summed E-state index contributed by atoms with van der Waals surface area (Å²) in [6.07, 6.45) is 0. The average molecular weight is 364 g/mol. The number of fused-ring (bicyclic) bond motifs is 2. The number of para-hydroxylation sites is 2. The number of thiol groups is 2. The molecule has 0 bridgehead atoms. The van der Waals surface area contributed by atoms with E-state index in [-0.39, 0.29) is 0 Å². The maximum absolute atomic E-state index is 5.30. The molecule has 1 aliphatic heterocycles. The number of anilines is 3. The van der Waals surface area contributed by atoms with Crippen LogP contribution in [-0.4, -0.2) is 7.11 Å². The number of hydrogen-bond donors (Lipinski definition) is 2. The summed E-state index contributed by atoms with van der Waals surface area (Å²) in [4.78, 5) is 2.26. The number of ether oxygens (including phenoxy) is 1. The molecule has 0 unspecified atom stereocenters. The van der Waals surface area contributed by atoms with E-state index >= 15 is 0 Å². The molecular weight excluding hydrogens is 346 g/mol. The van der Waals surface area contributed by atoms with Crippen molar-refractivity contribution in [1.29, 1.82) is 0 Å². The molecule has 0 aliphatic carbocycles. The fraction of sp³-hybridized carbons (Fsp3) is 0.0476. The van der Waals surface area contributed by atoms with Gasteiger partial charge in [-0.25, -0.2) is 0 Å². The SMILES string of the molecule is COc1ccc(N2c3ccccc3C(=C(S)S)c3ccccc32)cc1. The van der Waals surface area contributed by atoms with E-state index in [0.29, 0.717) is 4.24 Å². The van der Waals surface area contributed by atoms with E-state index in [1.165, 1.54) is 0 Å². The fourth-order valence-corrected chi connectivity index (χ4v) is 3.77. The van der Waals surface area contributed by atoms with Gasteiger partial charge in [-0.05, 0) is 36.4 Å². The van der Waals surface area contributed by atoms with Crippen molar-refractivity contribution in [3.8, 4) is 5.75 Å². The Morgan fingerprint density at radius 3 is 1.76 bits per heavy atom. The van der Waals surface area contributed by atoms with Crippen molar-refractivity contribution >= 4 is 47.9 Å². The monoisotopic (exact) mass is 363 g/mol. The van der Waals surface area contributed by atoms with Crippen molar-refractivity contribution in [3.63, 3.8) is 0 Å². The molecule has 3 aromatic rings. The van der Waals surface area contributed by atoms with Gasteiger partial charge in [-0.3, -0.25) is 0 Å². The molecule has 0 spiro atoms. The van der Waals surface area contributed by atoms with Crippen LogP contribution in [0.4, 0.5) is 17.1 Å². The highest BCUT2D eigenvalue weighted by molar-refractivity contribution is 8.05. The van der Waals surface area contributed by atoms with Gasteiger partial charge >= 0.3 is 0 Å². The van der Waals surface area contributed by atoms with E-state index < -0.39 is 0 Å². The van der Waals surface area contributed by atoms with Crippen molar-refractivity contribution in [2.45, 2.75) is 0 Å². The largest absolute Gasteiger partial charge is 0.497 e. The minimum atomic E-state index is 0.717. The first-order valence-electron chi connectivity index (χ1n) is 7.96. The molecule has 2 nitrogen and oxygen atoms in total. The summed E-state index contributed by atoms with van der Waals surface area (Å²) in [6, 6.07) is 24.8. The van der Waals surface area contributed by atoms with Gasteiger partial charge in [-0.15, -0.1) is 25.3 Å². The Bertz CT molecular complexity index is 910. The second kappa shape index (κ2) is 6.54. The number of benzene rings is 3. The summed E-state index contributed by atoms with van der Waals surface area (Å²) in [5, 5.41) is 0. The first-order chi connectivity index (χ1) is 12.2. The second-order valence-corrected chi connectivity index (χ2v) is 7.01. The molecule has 4 rings (SSSR count). The third kappa shape index (κ3) is 2.71. The maximum Gasteiger partial charge on any atom is 0.119 e. The van der Waals surface area contributed by atoms with Crippen LogP contribution in [0.5, 0.6) is 5.75 Å². The van der Waals surface area contributed by atoms with E-state index in [1.807, 2.05) is 24.3 Å². The van der Waals surface area contributed by atoms with E-state index in [4.69, 9.17) is 4.74 Å². The summed E-state index contributed by atoms with van der Waals surface area (Å²) < 4.78 is 6.01. The minimum absolute atomic E-state index is 0.717. The van der Waals surface area contributed by atoms with E-state index in [1.54, 1.807) is 7.11 Å². The molecule has 0 saturated carbocycles. The third-order valence-corrected chi connectivity index (χ3v) is 4.83. The molecule has 25 heavy (non-hydrogen) atoms. The zero-order valence-electron chi connectivity index (χ0n) is 13.7. The van der Waals surface area contributed by atoms with Gasteiger partial charge in [0.2, 0.25) is 0 Å². The van der Waals surface area contributed by atoms with Gasteiger partial charge in [0.1, 0.15) is 5.75 Å². The van der Waals surface area contributed by atoms with Crippen LogP contribution in [0.2, 0.25) is 0 Å². The van der Waals surface area contributed by atoms with Crippen LogP contribution in [0.3, 0.4) is 0 Å². The standard InChI is InChI=1S/C21H17NOS2/c1-23-15-12-10-14(11-13-15)22-18-8-4-2-6-16(18)20(21(24)25)17-7-3-5-9-19(17)22/h2-13,24-25H,1H3. The molecule has 124 valence electrons. The highest BCUT2D eigenvalue weighted by Crippen LogP contribution is 2.50. The quantitative estimate of drug-likeness (QED) is 0.420. The van der Waals surface area contributed by atoms with Gasteiger partial charge in [0.25, 0.3) is 0 Å². The normalized spacial score (nSPS) is 12.4. The Kier molecular flexibility index (Phi) is 4.24. The highest BCUT2D eigenvalue weighted by Gasteiger charge is 2.27. The highest BCUT2D eigenvalue weighted by atomic mass is 32.2. The summed E-state index contributed by atoms with van der Waals surface area (Å²) in [5.74, 6) is 0.843. The van der Waals surface area contributed by atoms with Crippen LogP contribution < -0.4 is 9.64 Å². The van der Waals surface area contributed by atoms with Crippen molar-refractivity contribution in [3.05, 3.63) is 88.2 Å². The van der Waals surface area contributed by atoms with Gasteiger partial charge in [0.05, 0.1) is 18.5 Å². The molecule has 0 N–H and O–H groups in total. The average Bonchev–Trinajstić information content (AvgIpc) is 2.65. The van der Waals surface area contributed by atoms with Crippen LogP contribution in [0.1, 0.15) is 11.1 Å². The Labute approximate surface area is 158 Å². The lowest BCUT2D eigenvalue weighted by atomic mass is 9.91. The molecule has 0 fully saturated rings. The van der Waals surface area contributed by atoms with Crippen LogP contribution in [-0.2, 0) is 0 Å². The second-order valence-electron chi connectivity index (χ2n) is 5.77. The third-order valence-electron chi connectivity index (χ3n) is 4.38. The molecule has 0 radical (unpaired) electrons. The van der Waals surface area contributed by atoms with E-state index in [0.717, 1.165) is 39.5 Å². The van der Waals surface area contributed by atoms with E-state index in [9.17, 15) is 0 Å². The fourth-order valence-electron chi connectivity index (χ4n) is 3.29. The molecule has 0 amide bonds. The van der Waals surface area contributed by atoms with Crippen LogP contribution in [0, 0.1) is 0 Å². The summed E-state index contributed by atoms with van der Waals surface area (Å²) >= 11 is 9.08. The van der Waals surface area contributed by atoms with Crippen molar-refractivity contribution < 1.29 is 4.74 Å². The number of hydrogen-bond acceptors (Lipinski definition) is 4. The summed E-state index contributed by atoms with van der Waals surface area (Å²) in [7, 11) is 1.68. The molecule has 4 heteroatoms. The topological polar surface area (TPSA) is 12.5 Å². The molecule has 0 saturated heterocycles. The van der Waals surface area contributed by atoms with Crippen molar-refractivity contribution in [2.75, 3.05) is 12.0 Å². The lowest BCUT2D eigenvalue weighted by Crippen LogP contribution is -2.18. The summed E-state index contributed by atoms with van der Waals surface area (Å²) in [6.45, 7) is 0.